The maximum Gasteiger partial charge on any atom is 0.0587 e. The zero-order valence-corrected chi connectivity index (χ0v) is 12.7. The van der Waals surface area contributed by atoms with Crippen molar-refractivity contribution in [3.8, 4) is 0 Å². The van der Waals surface area contributed by atoms with E-state index in [1.165, 1.54) is 16.8 Å². The van der Waals surface area contributed by atoms with Crippen LogP contribution in [-0.4, -0.2) is 32.3 Å². The number of methoxy groups -OCH3 is 1. The second-order valence-corrected chi connectivity index (χ2v) is 5.05. The van der Waals surface area contributed by atoms with Crippen molar-refractivity contribution in [3.05, 3.63) is 59.9 Å². The molecule has 4 nitrogen and oxygen atoms in total. The lowest BCUT2D eigenvalue weighted by atomic mass is 10.2. The van der Waals surface area contributed by atoms with Crippen molar-refractivity contribution < 1.29 is 4.74 Å². The molecule has 2 rings (SSSR count). The van der Waals surface area contributed by atoms with Crippen LogP contribution in [0, 0.1) is 0 Å². The highest BCUT2D eigenvalue weighted by Crippen LogP contribution is 2.16. The second-order valence-electron chi connectivity index (χ2n) is 5.05. The van der Waals surface area contributed by atoms with E-state index in [1.54, 1.807) is 7.11 Å². The normalized spacial score (nSPS) is 10.6. The minimum absolute atomic E-state index is 0.743. The number of hydrogen-bond acceptors (Lipinski definition) is 4. The Hall–Kier alpha value is -1.91. The maximum atomic E-state index is 5.01. The molecule has 0 amide bonds. The van der Waals surface area contributed by atoms with E-state index in [9.17, 15) is 0 Å². The van der Waals surface area contributed by atoms with Gasteiger partial charge in [0.05, 0.1) is 6.61 Å². The molecule has 1 N–H and O–H groups in total. The van der Waals surface area contributed by atoms with Gasteiger partial charge in [0.25, 0.3) is 0 Å². The lowest BCUT2D eigenvalue weighted by Gasteiger charge is -2.19. The van der Waals surface area contributed by atoms with Crippen molar-refractivity contribution in [2.45, 2.75) is 13.1 Å². The molecule has 0 saturated heterocycles. The van der Waals surface area contributed by atoms with E-state index in [0.29, 0.717) is 0 Å². The van der Waals surface area contributed by atoms with E-state index >= 15 is 0 Å². The van der Waals surface area contributed by atoms with E-state index in [0.717, 1.165) is 26.2 Å². The molecular weight excluding hydrogens is 262 g/mol. The minimum Gasteiger partial charge on any atom is -0.383 e. The summed E-state index contributed by atoms with van der Waals surface area (Å²) in [4.78, 5) is 6.28. The van der Waals surface area contributed by atoms with Crippen LogP contribution in [0.3, 0.4) is 0 Å². The van der Waals surface area contributed by atoms with Crippen molar-refractivity contribution in [1.82, 2.24) is 10.3 Å². The molecule has 1 aromatic carbocycles. The van der Waals surface area contributed by atoms with Gasteiger partial charge in [0, 0.05) is 51.9 Å². The SMILES string of the molecule is COCCNCc1ccc(N(C)Cc2ccncc2)cc1. The molecule has 0 radical (unpaired) electrons. The summed E-state index contributed by atoms with van der Waals surface area (Å²) in [5, 5.41) is 3.35. The zero-order valence-electron chi connectivity index (χ0n) is 12.7. The third kappa shape index (κ3) is 5.17. The van der Waals surface area contributed by atoms with E-state index < -0.39 is 0 Å². The lowest BCUT2D eigenvalue weighted by Crippen LogP contribution is -2.19. The molecule has 0 unspecified atom stereocenters. The second kappa shape index (κ2) is 8.39. The lowest BCUT2D eigenvalue weighted by molar-refractivity contribution is 0.199. The van der Waals surface area contributed by atoms with E-state index in [1.807, 2.05) is 24.5 Å². The smallest absolute Gasteiger partial charge is 0.0587 e. The van der Waals surface area contributed by atoms with Crippen molar-refractivity contribution in [1.29, 1.82) is 0 Å². The number of nitrogens with zero attached hydrogens (tertiary/aromatic N) is 2. The average molecular weight is 285 g/mol. The quantitative estimate of drug-likeness (QED) is 0.756. The summed E-state index contributed by atoms with van der Waals surface area (Å²) in [6.07, 6.45) is 3.66. The van der Waals surface area contributed by atoms with Crippen LogP contribution in [0.4, 0.5) is 5.69 Å². The van der Waals surface area contributed by atoms with Crippen LogP contribution in [0.15, 0.2) is 48.8 Å². The number of anilines is 1. The number of rotatable bonds is 8. The maximum absolute atomic E-state index is 5.01. The molecule has 1 aromatic heterocycles. The first-order valence-corrected chi connectivity index (χ1v) is 7.18. The van der Waals surface area contributed by atoms with E-state index in [4.69, 9.17) is 4.74 Å². The van der Waals surface area contributed by atoms with Crippen molar-refractivity contribution in [2.75, 3.05) is 32.2 Å². The van der Waals surface area contributed by atoms with Gasteiger partial charge >= 0.3 is 0 Å². The first kappa shape index (κ1) is 15.5. The monoisotopic (exact) mass is 285 g/mol. The Labute approximate surface area is 126 Å². The Kier molecular flexibility index (Phi) is 6.19. The Morgan fingerprint density at radius 3 is 2.43 bits per heavy atom. The summed E-state index contributed by atoms with van der Waals surface area (Å²) in [5.74, 6) is 0. The number of pyridine rings is 1. The number of ether oxygens (including phenoxy) is 1. The Morgan fingerprint density at radius 1 is 1.05 bits per heavy atom. The van der Waals surface area contributed by atoms with E-state index in [2.05, 4.69) is 46.5 Å². The fourth-order valence-corrected chi connectivity index (χ4v) is 2.13. The highest BCUT2D eigenvalue weighted by Gasteiger charge is 2.02. The molecule has 0 saturated carbocycles. The highest BCUT2D eigenvalue weighted by atomic mass is 16.5. The molecule has 4 heteroatoms. The van der Waals surface area contributed by atoms with Gasteiger partial charge < -0.3 is 15.0 Å². The molecule has 0 aliphatic carbocycles. The minimum atomic E-state index is 0.743. The number of aromatic nitrogens is 1. The van der Waals surface area contributed by atoms with Crippen LogP contribution in [0.25, 0.3) is 0 Å². The third-order valence-corrected chi connectivity index (χ3v) is 3.36. The van der Waals surface area contributed by atoms with Crippen LogP contribution in [-0.2, 0) is 17.8 Å². The summed E-state index contributed by atoms with van der Waals surface area (Å²) in [6.45, 7) is 3.37. The third-order valence-electron chi connectivity index (χ3n) is 3.36. The zero-order chi connectivity index (χ0) is 14.9. The van der Waals surface area contributed by atoms with Gasteiger partial charge in [-0.3, -0.25) is 4.98 Å². The summed E-state index contributed by atoms with van der Waals surface area (Å²) in [7, 11) is 3.82. The van der Waals surface area contributed by atoms with Gasteiger partial charge in [-0.05, 0) is 35.4 Å². The molecule has 1 heterocycles. The molecule has 2 aromatic rings. The first-order chi connectivity index (χ1) is 10.3. The largest absolute Gasteiger partial charge is 0.383 e. The Bertz CT molecular complexity index is 513. The number of hydrogen-bond donors (Lipinski definition) is 1. The standard InChI is InChI=1S/C17H23N3O/c1-20(14-16-7-9-18-10-8-16)17-5-3-15(4-6-17)13-19-11-12-21-2/h3-10,19H,11-14H2,1-2H3. The first-order valence-electron chi connectivity index (χ1n) is 7.18. The van der Waals surface area contributed by atoms with E-state index in [-0.39, 0.29) is 0 Å². The fourth-order valence-electron chi connectivity index (χ4n) is 2.13. The van der Waals surface area contributed by atoms with Crippen LogP contribution >= 0.6 is 0 Å². The fraction of sp³-hybridized carbons (Fsp3) is 0.353. The van der Waals surface area contributed by atoms with Crippen LogP contribution in [0.2, 0.25) is 0 Å². The van der Waals surface area contributed by atoms with Gasteiger partial charge in [0.15, 0.2) is 0 Å². The van der Waals surface area contributed by atoms with Crippen molar-refractivity contribution in [3.63, 3.8) is 0 Å². The van der Waals surface area contributed by atoms with Crippen LogP contribution in [0.1, 0.15) is 11.1 Å². The molecule has 0 atom stereocenters. The van der Waals surface area contributed by atoms with Gasteiger partial charge in [-0.15, -0.1) is 0 Å². The summed E-state index contributed by atoms with van der Waals surface area (Å²) >= 11 is 0. The topological polar surface area (TPSA) is 37.4 Å². The van der Waals surface area contributed by atoms with Gasteiger partial charge in [-0.1, -0.05) is 12.1 Å². The predicted octanol–water partition coefficient (Wildman–Crippen LogP) is 2.45. The van der Waals surface area contributed by atoms with Gasteiger partial charge in [-0.2, -0.15) is 0 Å². The molecular formula is C17H23N3O. The Balaban J connectivity index is 1.86. The number of nitrogens with one attached hydrogen (secondary N) is 1. The molecule has 0 aliphatic rings. The molecule has 0 spiro atoms. The van der Waals surface area contributed by atoms with Crippen LogP contribution in [0.5, 0.6) is 0 Å². The molecule has 21 heavy (non-hydrogen) atoms. The van der Waals surface area contributed by atoms with Gasteiger partial charge in [0.2, 0.25) is 0 Å². The van der Waals surface area contributed by atoms with Crippen LogP contribution < -0.4 is 10.2 Å². The highest BCUT2D eigenvalue weighted by molar-refractivity contribution is 5.47. The molecule has 112 valence electrons. The predicted molar refractivity (Wildman–Crippen MR) is 86.4 cm³/mol. The van der Waals surface area contributed by atoms with Crippen molar-refractivity contribution >= 4 is 5.69 Å². The van der Waals surface area contributed by atoms with Gasteiger partial charge in [-0.25, -0.2) is 0 Å². The Morgan fingerprint density at radius 2 is 1.76 bits per heavy atom. The summed E-state index contributed by atoms with van der Waals surface area (Å²) < 4.78 is 5.01. The molecule has 0 aliphatic heterocycles. The summed E-state index contributed by atoms with van der Waals surface area (Å²) in [5.41, 5.74) is 3.76. The summed E-state index contributed by atoms with van der Waals surface area (Å²) in [6, 6.07) is 12.7. The molecule has 0 bridgehead atoms. The molecule has 0 fully saturated rings. The number of benzene rings is 1. The van der Waals surface area contributed by atoms with Crippen molar-refractivity contribution in [2.24, 2.45) is 0 Å². The van der Waals surface area contributed by atoms with Gasteiger partial charge in [0.1, 0.15) is 0 Å². The average Bonchev–Trinajstić information content (AvgIpc) is 2.53.